The van der Waals surface area contributed by atoms with Crippen molar-refractivity contribution in [2.24, 2.45) is 0 Å². The summed E-state index contributed by atoms with van der Waals surface area (Å²) >= 11 is 1.10. The molecule has 8 heteroatoms. The molecule has 1 aliphatic rings. The third kappa shape index (κ3) is 4.57. The summed E-state index contributed by atoms with van der Waals surface area (Å²) in [5.41, 5.74) is 0.810. The van der Waals surface area contributed by atoms with E-state index in [1.807, 2.05) is 0 Å². The largest absolute Gasteiger partial charge is 0.497 e. The number of anilines is 1. The minimum Gasteiger partial charge on any atom is -0.497 e. The molecule has 1 heterocycles. The molecule has 0 atom stereocenters. The van der Waals surface area contributed by atoms with Crippen LogP contribution in [0.15, 0.2) is 29.6 Å². The van der Waals surface area contributed by atoms with Crippen molar-refractivity contribution < 1.29 is 14.3 Å². The van der Waals surface area contributed by atoms with E-state index in [0.29, 0.717) is 11.4 Å². The third-order valence-electron chi connectivity index (χ3n) is 4.46. The highest BCUT2D eigenvalue weighted by atomic mass is 32.1. The number of nitrogens with one attached hydrogen (secondary N) is 1. The van der Waals surface area contributed by atoms with Crippen LogP contribution < -0.4 is 15.0 Å². The zero-order chi connectivity index (χ0) is 18.4. The molecule has 2 amide bonds. The first-order chi connectivity index (χ1) is 12.7. The predicted octanol–water partition coefficient (Wildman–Crippen LogP) is 2.64. The monoisotopic (exact) mass is 374 g/mol. The van der Waals surface area contributed by atoms with E-state index < -0.39 is 0 Å². The van der Waals surface area contributed by atoms with Crippen LogP contribution in [0.2, 0.25) is 0 Å². The zero-order valence-corrected chi connectivity index (χ0v) is 15.5. The zero-order valence-electron chi connectivity index (χ0n) is 14.7. The van der Waals surface area contributed by atoms with E-state index in [1.54, 1.807) is 36.8 Å². The molecule has 2 aromatic rings. The van der Waals surface area contributed by atoms with Crippen LogP contribution in [0.4, 0.5) is 5.69 Å². The first kappa shape index (κ1) is 18.3. The summed E-state index contributed by atoms with van der Waals surface area (Å²) in [5.74, 6) is 0.0893. The number of hydrogen-bond acceptors (Lipinski definition) is 6. The van der Waals surface area contributed by atoms with Gasteiger partial charge in [0.25, 0.3) is 5.91 Å². The highest BCUT2D eigenvalue weighted by Crippen LogP contribution is 2.23. The van der Waals surface area contributed by atoms with E-state index in [4.69, 9.17) is 4.74 Å². The molecule has 1 aromatic heterocycles. The summed E-state index contributed by atoms with van der Waals surface area (Å²) in [6.07, 6.45) is 5.48. The van der Waals surface area contributed by atoms with Gasteiger partial charge in [-0.2, -0.15) is 0 Å². The maximum Gasteiger partial charge on any atom is 0.280 e. The number of carbonyl (C=O) groups is 2. The first-order valence-electron chi connectivity index (χ1n) is 8.69. The second kappa shape index (κ2) is 8.75. The van der Waals surface area contributed by atoms with Crippen LogP contribution >= 0.6 is 11.5 Å². The summed E-state index contributed by atoms with van der Waals surface area (Å²) in [4.78, 5) is 26.8. The van der Waals surface area contributed by atoms with Crippen LogP contribution in [-0.4, -0.2) is 41.1 Å². The fourth-order valence-electron chi connectivity index (χ4n) is 3.12. The van der Waals surface area contributed by atoms with Gasteiger partial charge in [-0.25, -0.2) is 0 Å². The lowest BCUT2D eigenvalue weighted by molar-refractivity contribution is -0.120. The van der Waals surface area contributed by atoms with Gasteiger partial charge in [-0.05, 0) is 36.5 Å². The number of benzene rings is 1. The van der Waals surface area contributed by atoms with Crippen molar-refractivity contribution in [1.29, 1.82) is 0 Å². The van der Waals surface area contributed by atoms with Gasteiger partial charge < -0.3 is 10.1 Å². The fourth-order valence-corrected chi connectivity index (χ4v) is 3.55. The molecule has 1 N–H and O–H groups in total. The van der Waals surface area contributed by atoms with Gasteiger partial charge in [0, 0.05) is 23.2 Å². The molecule has 26 heavy (non-hydrogen) atoms. The Morgan fingerprint density at radius 1 is 1.31 bits per heavy atom. The van der Waals surface area contributed by atoms with Gasteiger partial charge in [-0.3, -0.25) is 14.5 Å². The Labute approximate surface area is 156 Å². The Bertz CT molecular complexity index is 745. The van der Waals surface area contributed by atoms with Crippen LogP contribution in [0.25, 0.3) is 0 Å². The van der Waals surface area contributed by atoms with Crippen molar-refractivity contribution in [3.8, 4) is 5.75 Å². The smallest absolute Gasteiger partial charge is 0.280 e. The molecule has 138 valence electrons. The lowest BCUT2D eigenvalue weighted by Crippen LogP contribution is -2.45. The van der Waals surface area contributed by atoms with Crippen molar-refractivity contribution in [2.75, 3.05) is 18.6 Å². The maximum absolute atomic E-state index is 12.8. The molecule has 0 spiro atoms. The normalized spacial score (nSPS) is 14.7. The van der Waals surface area contributed by atoms with Crippen molar-refractivity contribution in [3.05, 3.63) is 35.3 Å². The Kier molecular flexibility index (Phi) is 6.17. The topological polar surface area (TPSA) is 84.4 Å². The quantitative estimate of drug-likeness (QED) is 0.840. The van der Waals surface area contributed by atoms with Crippen molar-refractivity contribution in [3.63, 3.8) is 0 Å². The number of aromatic nitrogens is 2. The first-order valence-corrected chi connectivity index (χ1v) is 9.53. The molecule has 3 rings (SSSR count). The summed E-state index contributed by atoms with van der Waals surface area (Å²) in [7, 11) is 1.56. The molecule has 0 unspecified atom stereocenters. The van der Waals surface area contributed by atoms with Crippen LogP contribution in [0.3, 0.4) is 0 Å². The molecule has 7 nitrogen and oxygen atoms in total. The van der Waals surface area contributed by atoms with Gasteiger partial charge in [-0.1, -0.05) is 29.8 Å². The summed E-state index contributed by atoms with van der Waals surface area (Å²) in [5, 5.41) is 8.47. The van der Waals surface area contributed by atoms with Crippen LogP contribution in [0.1, 0.15) is 42.6 Å². The van der Waals surface area contributed by atoms with E-state index in [0.717, 1.165) is 37.2 Å². The van der Waals surface area contributed by atoms with Crippen molar-refractivity contribution >= 4 is 29.0 Å². The molecule has 0 bridgehead atoms. The summed E-state index contributed by atoms with van der Waals surface area (Å²) in [6, 6.07) is 7.27. The standard InChI is InChI=1S/C18H22N4O3S/c1-25-15-9-5-8-14(10-15)22(18(24)16-12-26-21-20-16)11-17(23)19-13-6-3-2-4-7-13/h5,8-10,12-13H,2-4,6-7,11H2,1H3,(H,19,23). The second-order valence-electron chi connectivity index (χ2n) is 6.29. The average Bonchev–Trinajstić information content (AvgIpc) is 3.21. The molecule has 0 radical (unpaired) electrons. The maximum atomic E-state index is 12.8. The van der Waals surface area contributed by atoms with Gasteiger partial charge >= 0.3 is 0 Å². The molecule has 1 saturated carbocycles. The Morgan fingerprint density at radius 3 is 2.81 bits per heavy atom. The molecule has 1 fully saturated rings. The van der Waals surface area contributed by atoms with Gasteiger partial charge in [0.2, 0.25) is 5.91 Å². The molecule has 0 aliphatic heterocycles. The number of ether oxygens (including phenoxy) is 1. The molecule has 0 saturated heterocycles. The lowest BCUT2D eigenvalue weighted by Gasteiger charge is -2.26. The summed E-state index contributed by atoms with van der Waals surface area (Å²) < 4.78 is 8.98. The molecular weight excluding hydrogens is 352 g/mol. The van der Waals surface area contributed by atoms with Gasteiger partial charge in [0.1, 0.15) is 12.3 Å². The Hall–Kier alpha value is -2.48. The van der Waals surface area contributed by atoms with E-state index in [9.17, 15) is 9.59 Å². The molecule has 1 aliphatic carbocycles. The summed E-state index contributed by atoms with van der Waals surface area (Å²) in [6.45, 7) is -0.0694. The lowest BCUT2D eigenvalue weighted by atomic mass is 9.95. The number of amides is 2. The number of carbonyl (C=O) groups excluding carboxylic acids is 2. The van der Waals surface area contributed by atoms with E-state index in [2.05, 4.69) is 14.9 Å². The number of nitrogens with zero attached hydrogens (tertiary/aromatic N) is 3. The van der Waals surface area contributed by atoms with E-state index >= 15 is 0 Å². The van der Waals surface area contributed by atoms with Gasteiger partial charge in [0.05, 0.1) is 7.11 Å². The van der Waals surface area contributed by atoms with Crippen LogP contribution in [0, 0.1) is 0 Å². The van der Waals surface area contributed by atoms with Gasteiger partial charge in [-0.15, -0.1) is 5.10 Å². The number of rotatable bonds is 6. The number of methoxy groups -OCH3 is 1. The van der Waals surface area contributed by atoms with Crippen LogP contribution in [0.5, 0.6) is 5.75 Å². The molecular formula is C18H22N4O3S. The number of hydrogen-bond donors (Lipinski definition) is 1. The van der Waals surface area contributed by atoms with E-state index in [-0.39, 0.29) is 30.1 Å². The fraction of sp³-hybridized carbons (Fsp3) is 0.444. The Morgan fingerprint density at radius 2 is 2.12 bits per heavy atom. The third-order valence-corrected chi connectivity index (χ3v) is 4.97. The van der Waals surface area contributed by atoms with Gasteiger partial charge in [0.15, 0.2) is 5.69 Å². The van der Waals surface area contributed by atoms with Crippen molar-refractivity contribution in [2.45, 2.75) is 38.1 Å². The van der Waals surface area contributed by atoms with Crippen LogP contribution in [-0.2, 0) is 4.79 Å². The predicted molar refractivity (Wildman–Crippen MR) is 99.6 cm³/mol. The average molecular weight is 374 g/mol. The minimum absolute atomic E-state index is 0.0694. The van der Waals surface area contributed by atoms with Crippen molar-refractivity contribution in [1.82, 2.24) is 14.9 Å². The Balaban J connectivity index is 1.78. The van der Waals surface area contributed by atoms with E-state index in [1.165, 1.54) is 11.3 Å². The SMILES string of the molecule is COc1cccc(N(CC(=O)NC2CCCCC2)C(=O)c2csnn2)c1. The molecule has 1 aromatic carbocycles. The second-order valence-corrected chi connectivity index (χ2v) is 6.90. The highest BCUT2D eigenvalue weighted by molar-refractivity contribution is 7.03. The minimum atomic E-state index is -0.356. The highest BCUT2D eigenvalue weighted by Gasteiger charge is 2.24.